The van der Waals surface area contributed by atoms with Crippen LogP contribution in [0.25, 0.3) is 11.6 Å². The third-order valence-electron chi connectivity index (χ3n) is 4.33. The third kappa shape index (κ3) is 2.86. The Bertz CT molecular complexity index is 929. The van der Waals surface area contributed by atoms with Gasteiger partial charge < -0.3 is 15.0 Å². The largest absolute Gasteiger partial charge is 0.497 e. The van der Waals surface area contributed by atoms with E-state index in [2.05, 4.69) is 30.5 Å². The number of ether oxygens (including phenoxy) is 1. The topological polar surface area (TPSA) is 109 Å². The number of nitrogens with one attached hydrogen (secondary N) is 3. The van der Waals surface area contributed by atoms with Gasteiger partial charge in [-0.25, -0.2) is 9.97 Å². The van der Waals surface area contributed by atoms with E-state index in [9.17, 15) is 4.79 Å². The number of carbonyl (C=O) groups excluding carboxylic acids is 1. The van der Waals surface area contributed by atoms with Crippen LogP contribution in [-0.2, 0) is 6.42 Å². The third-order valence-corrected chi connectivity index (χ3v) is 4.33. The molecule has 2 aromatic heterocycles. The SMILES string of the molecule is COc1cccc(C2CNC(=O)c3nc(-c4n[nH]c(C)n4)[nH]c3C2)c1. The van der Waals surface area contributed by atoms with Crippen LogP contribution in [0.15, 0.2) is 24.3 Å². The summed E-state index contributed by atoms with van der Waals surface area (Å²) in [6.07, 6.45) is 0.664. The van der Waals surface area contributed by atoms with Crippen LogP contribution in [0.2, 0.25) is 0 Å². The van der Waals surface area contributed by atoms with Crippen LogP contribution < -0.4 is 10.1 Å². The summed E-state index contributed by atoms with van der Waals surface area (Å²) in [5, 5.41) is 9.83. The number of hydrogen-bond acceptors (Lipinski definition) is 5. The normalized spacial score (nSPS) is 16.9. The number of aryl methyl sites for hydroxylation is 1. The zero-order valence-electron chi connectivity index (χ0n) is 14.0. The Balaban J connectivity index is 1.68. The van der Waals surface area contributed by atoms with E-state index in [1.165, 1.54) is 0 Å². The summed E-state index contributed by atoms with van der Waals surface area (Å²) >= 11 is 0. The van der Waals surface area contributed by atoms with Gasteiger partial charge in [-0.2, -0.15) is 5.10 Å². The average Bonchev–Trinajstić information content (AvgIpc) is 3.21. The molecule has 1 aliphatic rings. The van der Waals surface area contributed by atoms with Crippen LogP contribution >= 0.6 is 0 Å². The van der Waals surface area contributed by atoms with Crippen molar-refractivity contribution in [2.45, 2.75) is 19.3 Å². The van der Waals surface area contributed by atoms with E-state index in [0.717, 1.165) is 17.0 Å². The number of methoxy groups -OCH3 is 1. The molecule has 1 aromatic carbocycles. The zero-order valence-corrected chi connectivity index (χ0v) is 14.0. The molecular weight excluding hydrogens is 320 g/mol. The van der Waals surface area contributed by atoms with Gasteiger partial charge in [-0.05, 0) is 31.0 Å². The van der Waals surface area contributed by atoms with Crippen molar-refractivity contribution in [2.75, 3.05) is 13.7 Å². The molecule has 0 saturated heterocycles. The second-order valence-electron chi connectivity index (χ2n) is 6.04. The number of imidazole rings is 1. The molecule has 0 bridgehead atoms. The van der Waals surface area contributed by atoms with Gasteiger partial charge in [-0.15, -0.1) is 0 Å². The highest BCUT2D eigenvalue weighted by atomic mass is 16.5. The van der Waals surface area contributed by atoms with Crippen molar-refractivity contribution < 1.29 is 9.53 Å². The molecule has 8 nitrogen and oxygen atoms in total. The van der Waals surface area contributed by atoms with Gasteiger partial charge in [0.15, 0.2) is 5.82 Å². The van der Waals surface area contributed by atoms with Crippen LogP contribution in [0.4, 0.5) is 0 Å². The minimum Gasteiger partial charge on any atom is -0.497 e. The number of nitrogens with zero attached hydrogens (tertiary/aromatic N) is 3. The number of aromatic nitrogens is 5. The van der Waals surface area contributed by atoms with E-state index in [1.54, 1.807) is 7.11 Å². The molecular formula is C17H18N6O2. The van der Waals surface area contributed by atoms with Gasteiger partial charge in [0, 0.05) is 18.2 Å². The number of carbonyl (C=O) groups is 1. The van der Waals surface area contributed by atoms with Crippen molar-refractivity contribution in [2.24, 2.45) is 0 Å². The maximum Gasteiger partial charge on any atom is 0.271 e. The molecule has 3 aromatic rings. The number of fused-ring (bicyclic) bond motifs is 1. The Kier molecular flexibility index (Phi) is 3.72. The molecule has 0 aliphatic carbocycles. The molecule has 4 rings (SSSR count). The highest BCUT2D eigenvalue weighted by Crippen LogP contribution is 2.27. The van der Waals surface area contributed by atoms with Gasteiger partial charge in [0.25, 0.3) is 5.91 Å². The first-order valence-electron chi connectivity index (χ1n) is 8.04. The standard InChI is InChI=1S/C17H18N6O2/c1-9-19-16(23-22-9)15-20-13-7-11(8-18-17(24)14(13)21-15)10-4-3-5-12(6-10)25-2/h3-6,11H,7-8H2,1-2H3,(H,18,24)(H,20,21)(H,19,22,23). The highest BCUT2D eigenvalue weighted by molar-refractivity contribution is 5.94. The fourth-order valence-corrected chi connectivity index (χ4v) is 3.05. The zero-order chi connectivity index (χ0) is 17.4. The van der Waals surface area contributed by atoms with E-state index in [1.807, 2.05) is 31.2 Å². The second-order valence-corrected chi connectivity index (χ2v) is 6.04. The number of aromatic amines is 2. The maximum atomic E-state index is 12.4. The Morgan fingerprint density at radius 2 is 2.16 bits per heavy atom. The van der Waals surface area contributed by atoms with Crippen molar-refractivity contribution in [1.82, 2.24) is 30.5 Å². The monoisotopic (exact) mass is 338 g/mol. The molecule has 1 atom stereocenters. The molecule has 0 radical (unpaired) electrons. The molecule has 1 amide bonds. The smallest absolute Gasteiger partial charge is 0.271 e. The van der Waals surface area contributed by atoms with Crippen LogP contribution in [0.1, 0.15) is 33.5 Å². The van der Waals surface area contributed by atoms with Crippen LogP contribution in [0.3, 0.4) is 0 Å². The van der Waals surface area contributed by atoms with Gasteiger partial charge >= 0.3 is 0 Å². The summed E-state index contributed by atoms with van der Waals surface area (Å²) in [7, 11) is 1.64. The van der Waals surface area contributed by atoms with Gasteiger partial charge in [-0.3, -0.25) is 9.89 Å². The Morgan fingerprint density at radius 1 is 1.28 bits per heavy atom. The lowest BCUT2D eigenvalue weighted by atomic mass is 9.94. The average molecular weight is 338 g/mol. The highest BCUT2D eigenvalue weighted by Gasteiger charge is 2.27. The number of amides is 1. The minimum absolute atomic E-state index is 0.127. The van der Waals surface area contributed by atoms with Crippen molar-refractivity contribution in [1.29, 1.82) is 0 Å². The summed E-state index contributed by atoms with van der Waals surface area (Å²) in [6.45, 7) is 2.36. The number of rotatable bonds is 3. The van der Waals surface area contributed by atoms with Gasteiger partial charge in [-0.1, -0.05) is 12.1 Å². The van der Waals surface area contributed by atoms with E-state index in [4.69, 9.17) is 4.74 Å². The lowest BCUT2D eigenvalue weighted by Gasteiger charge is -2.15. The van der Waals surface area contributed by atoms with Gasteiger partial charge in [0.1, 0.15) is 17.3 Å². The number of benzene rings is 1. The van der Waals surface area contributed by atoms with Crippen LogP contribution in [0, 0.1) is 6.92 Å². The van der Waals surface area contributed by atoms with E-state index >= 15 is 0 Å². The van der Waals surface area contributed by atoms with E-state index < -0.39 is 0 Å². The summed E-state index contributed by atoms with van der Waals surface area (Å²) in [4.78, 5) is 24.3. The maximum absolute atomic E-state index is 12.4. The van der Waals surface area contributed by atoms with Gasteiger partial charge in [0.2, 0.25) is 5.82 Å². The van der Waals surface area contributed by atoms with Gasteiger partial charge in [0.05, 0.1) is 7.11 Å². The molecule has 128 valence electrons. The Labute approximate surface area is 144 Å². The quantitative estimate of drug-likeness (QED) is 0.672. The first-order valence-corrected chi connectivity index (χ1v) is 8.04. The van der Waals surface area contributed by atoms with Crippen molar-refractivity contribution in [3.8, 4) is 17.4 Å². The molecule has 0 fully saturated rings. The minimum atomic E-state index is -0.185. The first kappa shape index (κ1) is 15.4. The summed E-state index contributed by atoms with van der Waals surface area (Å²) < 4.78 is 5.30. The van der Waals surface area contributed by atoms with E-state index in [0.29, 0.717) is 36.1 Å². The Morgan fingerprint density at radius 3 is 2.92 bits per heavy atom. The lowest BCUT2D eigenvalue weighted by molar-refractivity contribution is 0.0950. The molecule has 1 aliphatic heterocycles. The molecule has 0 saturated carbocycles. The number of hydrogen-bond donors (Lipinski definition) is 3. The predicted molar refractivity (Wildman–Crippen MR) is 90.5 cm³/mol. The fourth-order valence-electron chi connectivity index (χ4n) is 3.05. The molecule has 1 unspecified atom stereocenters. The summed E-state index contributed by atoms with van der Waals surface area (Å²) in [6, 6.07) is 7.90. The van der Waals surface area contributed by atoms with Crippen molar-refractivity contribution in [3.05, 3.63) is 47.0 Å². The van der Waals surface area contributed by atoms with Crippen molar-refractivity contribution >= 4 is 5.91 Å². The Hall–Kier alpha value is -3.16. The molecule has 3 heterocycles. The van der Waals surface area contributed by atoms with Crippen molar-refractivity contribution in [3.63, 3.8) is 0 Å². The lowest BCUT2D eigenvalue weighted by Crippen LogP contribution is -2.26. The molecule has 0 spiro atoms. The molecule has 3 N–H and O–H groups in total. The van der Waals surface area contributed by atoms with E-state index in [-0.39, 0.29) is 11.8 Å². The number of H-pyrrole nitrogens is 2. The second kappa shape index (κ2) is 6.04. The van der Waals surface area contributed by atoms with Crippen LogP contribution in [-0.4, -0.2) is 44.7 Å². The fraction of sp³-hybridized carbons (Fsp3) is 0.294. The molecule has 8 heteroatoms. The molecule has 25 heavy (non-hydrogen) atoms. The predicted octanol–water partition coefficient (Wildman–Crippen LogP) is 1.58. The summed E-state index contributed by atoms with van der Waals surface area (Å²) in [5.74, 6) is 2.39. The summed E-state index contributed by atoms with van der Waals surface area (Å²) in [5.41, 5.74) is 2.31. The first-order chi connectivity index (χ1) is 12.1. The van der Waals surface area contributed by atoms with Crippen LogP contribution in [0.5, 0.6) is 5.75 Å².